The number of hydrogen-bond donors (Lipinski definition) is 1. The number of H-pyrrole nitrogens is 1. The number of urea groups is 1. The van der Waals surface area contributed by atoms with Gasteiger partial charge in [0.2, 0.25) is 0 Å². The molecule has 10 heteroatoms. The van der Waals surface area contributed by atoms with E-state index in [1.165, 1.54) is 29.2 Å². The van der Waals surface area contributed by atoms with Gasteiger partial charge in [-0.25, -0.2) is 9.18 Å². The van der Waals surface area contributed by atoms with Crippen molar-refractivity contribution in [1.82, 2.24) is 15.1 Å². The number of benzene rings is 2. The van der Waals surface area contributed by atoms with Crippen molar-refractivity contribution < 1.29 is 22.4 Å². The van der Waals surface area contributed by atoms with Gasteiger partial charge in [-0.2, -0.15) is 18.3 Å². The minimum Gasteiger partial charge on any atom is -0.369 e. The van der Waals surface area contributed by atoms with Crippen LogP contribution in [0.4, 0.5) is 33.9 Å². The molecule has 1 aromatic heterocycles. The number of halogens is 4. The van der Waals surface area contributed by atoms with Crippen molar-refractivity contribution >= 4 is 17.5 Å². The Morgan fingerprint density at radius 2 is 1.83 bits per heavy atom. The van der Waals surface area contributed by atoms with Crippen molar-refractivity contribution in [1.29, 1.82) is 0 Å². The Morgan fingerprint density at radius 1 is 1.09 bits per heavy atom. The zero-order valence-corrected chi connectivity index (χ0v) is 19.1. The number of rotatable bonds is 4. The molecule has 0 spiro atoms. The molecule has 0 radical (unpaired) electrons. The maximum absolute atomic E-state index is 14.5. The quantitative estimate of drug-likeness (QED) is 0.496. The molecule has 0 bridgehead atoms. The van der Waals surface area contributed by atoms with E-state index >= 15 is 0 Å². The van der Waals surface area contributed by atoms with Crippen LogP contribution in [0.2, 0.25) is 0 Å². The van der Waals surface area contributed by atoms with Crippen LogP contribution in [0.5, 0.6) is 0 Å². The lowest BCUT2D eigenvalue weighted by Gasteiger charge is -2.43. The van der Waals surface area contributed by atoms with Crippen LogP contribution >= 0.6 is 0 Å². The Morgan fingerprint density at radius 3 is 2.54 bits per heavy atom. The molecular formula is C25H25F4N5O. The zero-order chi connectivity index (χ0) is 24.7. The molecular weight excluding hydrogens is 462 g/mol. The molecule has 0 unspecified atom stereocenters. The normalized spacial score (nSPS) is 17.2. The van der Waals surface area contributed by atoms with Gasteiger partial charge in [0, 0.05) is 24.7 Å². The van der Waals surface area contributed by atoms with Crippen LogP contribution in [0.3, 0.4) is 0 Å². The summed E-state index contributed by atoms with van der Waals surface area (Å²) in [7, 11) is 0. The number of nitrogens with zero attached hydrogens (tertiary/aromatic N) is 4. The Labute approximate surface area is 200 Å². The number of aromatic amines is 1. The van der Waals surface area contributed by atoms with E-state index in [0.717, 1.165) is 17.2 Å². The van der Waals surface area contributed by atoms with Gasteiger partial charge in [0.05, 0.1) is 30.5 Å². The Bertz CT molecular complexity index is 1210. The van der Waals surface area contributed by atoms with Gasteiger partial charge >= 0.3 is 12.2 Å². The van der Waals surface area contributed by atoms with E-state index in [1.54, 1.807) is 17.2 Å². The SMILES string of the molecule is Cc1cccc(F)c1N1CCC(N2Cc3cn[nH]c3N(Cc3ccccc3C(F)(F)F)C2=O)CC1. The molecule has 2 amide bonds. The molecule has 2 aliphatic heterocycles. The van der Waals surface area contributed by atoms with Crippen molar-refractivity contribution in [3.05, 3.63) is 76.7 Å². The smallest absolute Gasteiger partial charge is 0.369 e. The average Bonchev–Trinajstić information content (AvgIpc) is 3.29. The van der Waals surface area contributed by atoms with Crippen molar-refractivity contribution in [3.8, 4) is 0 Å². The predicted molar refractivity (Wildman–Crippen MR) is 124 cm³/mol. The molecule has 184 valence electrons. The van der Waals surface area contributed by atoms with Crippen LogP contribution in [0.15, 0.2) is 48.7 Å². The summed E-state index contributed by atoms with van der Waals surface area (Å²) in [6, 6.07) is 9.80. The number of aromatic nitrogens is 2. The highest BCUT2D eigenvalue weighted by Crippen LogP contribution is 2.36. The first kappa shape index (κ1) is 23.2. The highest BCUT2D eigenvalue weighted by Gasteiger charge is 2.39. The summed E-state index contributed by atoms with van der Waals surface area (Å²) >= 11 is 0. The number of carbonyl (C=O) groups excluding carboxylic acids is 1. The first-order valence-corrected chi connectivity index (χ1v) is 11.5. The first-order chi connectivity index (χ1) is 16.7. The molecule has 2 aliphatic rings. The Balaban J connectivity index is 1.37. The van der Waals surface area contributed by atoms with Crippen LogP contribution in [-0.4, -0.2) is 40.3 Å². The molecule has 1 saturated heterocycles. The topological polar surface area (TPSA) is 55.5 Å². The van der Waals surface area contributed by atoms with E-state index in [-0.39, 0.29) is 30.0 Å². The van der Waals surface area contributed by atoms with Gasteiger partial charge in [0.1, 0.15) is 11.6 Å². The number of carbonyl (C=O) groups is 1. The van der Waals surface area contributed by atoms with Gasteiger partial charge in [-0.3, -0.25) is 10.00 Å². The van der Waals surface area contributed by atoms with Gasteiger partial charge in [-0.05, 0) is 43.0 Å². The molecule has 3 aromatic rings. The zero-order valence-electron chi connectivity index (χ0n) is 19.1. The summed E-state index contributed by atoms with van der Waals surface area (Å²) in [5.74, 6) is 0.151. The minimum atomic E-state index is -4.52. The summed E-state index contributed by atoms with van der Waals surface area (Å²) in [4.78, 5) is 18.6. The number of hydrogen-bond acceptors (Lipinski definition) is 3. The molecule has 6 nitrogen and oxygen atoms in total. The van der Waals surface area contributed by atoms with Gasteiger partial charge in [0.25, 0.3) is 0 Å². The van der Waals surface area contributed by atoms with Crippen molar-refractivity contribution in [3.63, 3.8) is 0 Å². The van der Waals surface area contributed by atoms with Gasteiger partial charge in [-0.1, -0.05) is 30.3 Å². The third-order valence-electron chi connectivity index (χ3n) is 6.84. The minimum absolute atomic E-state index is 0.0144. The van der Waals surface area contributed by atoms with E-state index in [9.17, 15) is 22.4 Å². The Kier molecular flexibility index (Phi) is 5.90. The van der Waals surface area contributed by atoms with Crippen LogP contribution in [0.25, 0.3) is 0 Å². The second kappa shape index (κ2) is 8.90. The molecule has 1 fully saturated rings. The number of para-hydroxylation sites is 1. The summed E-state index contributed by atoms with van der Waals surface area (Å²) < 4.78 is 55.2. The van der Waals surface area contributed by atoms with Crippen molar-refractivity contribution in [2.24, 2.45) is 0 Å². The highest BCUT2D eigenvalue weighted by molar-refractivity contribution is 5.93. The number of alkyl halides is 3. The fraction of sp³-hybridized carbons (Fsp3) is 0.360. The molecule has 0 saturated carbocycles. The van der Waals surface area contributed by atoms with Crippen molar-refractivity contribution in [2.75, 3.05) is 22.9 Å². The van der Waals surface area contributed by atoms with Crippen LogP contribution in [0, 0.1) is 12.7 Å². The molecule has 3 heterocycles. The van der Waals surface area contributed by atoms with E-state index < -0.39 is 11.7 Å². The van der Waals surface area contributed by atoms with Crippen LogP contribution in [-0.2, 0) is 19.3 Å². The van der Waals surface area contributed by atoms with Crippen molar-refractivity contribution in [2.45, 2.75) is 45.1 Å². The van der Waals surface area contributed by atoms with E-state index in [4.69, 9.17) is 0 Å². The summed E-state index contributed by atoms with van der Waals surface area (Å²) in [5.41, 5.74) is 1.44. The van der Waals surface area contributed by atoms with E-state index in [0.29, 0.717) is 44.0 Å². The molecule has 35 heavy (non-hydrogen) atoms. The van der Waals surface area contributed by atoms with Gasteiger partial charge in [0.15, 0.2) is 0 Å². The lowest BCUT2D eigenvalue weighted by Crippen LogP contribution is -2.54. The highest BCUT2D eigenvalue weighted by atomic mass is 19.4. The summed E-state index contributed by atoms with van der Waals surface area (Å²) in [6.07, 6.45) is -1.67. The third-order valence-corrected chi connectivity index (χ3v) is 6.84. The molecule has 2 aromatic carbocycles. The largest absolute Gasteiger partial charge is 0.416 e. The maximum atomic E-state index is 14.5. The molecule has 0 atom stereocenters. The standard InChI is InChI=1S/C25H25F4N5O/c1-16-5-4-8-21(26)22(16)32-11-9-19(10-12-32)33-15-18-13-30-31-23(18)34(24(33)35)14-17-6-2-3-7-20(17)25(27,28)29/h2-8,13,19H,9-12,14-15H2,1H3,(H,30,31). The average molecular weight is 488 g/mol. The van der Waals surface area contributed by atoms with E-state index in [2.05, 4.69) is 10.2 Å². The van der Waals surface area contributed by atoms with E-state index in [1.807, 2.05) is 17.9 Å². The lowest BCUT2D eigenvalue weighted by molar-refractivity contribution is -0.138. The number of amides is 2. The summed E-state index contributed by atoms with van der Waals surface area (Å²) in [6.45, 7) is 3.12. The number of piperidine rings is 1. The maximum Gasteiger partial charge on any atom is 0.416 e. The van der Waals surface area contributed by atoms with Crippen LogP contribution < -0.4 is 9.80 Å². The third kappa shape index (κ3) is 4.33. The number of fused-ring (bicyclic) bond motifs is 1. The molecule has 5 rings (SSSR count). The molecule has 1 N–H and O–H groups in total. The first-order valence-electron chi connectivity index (χ1n) is 11.5. The second-order valence-corrected chi connectivity index (χ2v) is 9.02. The van der Waals surface area contributed by atoms with Crippen LogP contribution in [0.1, 0.15) is 35.1 Å². The number of aryl methyl sites for hydroxylation is 1. The summed E-state index contributed by atoms with van der Waals surface area (Å²) in [5, 5.41) is 6.81. The number of anilines is 2. The Hall–Kier alpha value is -3.56. The second-order valence-electron chi connectivity index (χ2n) is 9.02. The monoisotopic (exact) mass is 487 g/mol. The van der Waals surface area contributed by atoms with Gasteiger partial charge in [-0.15, -0.1) is 0 Å². The molecule has 0 aliphatic carbocycles. The lowest BCUT2D eigenvalue weighted by atomic mass is 10.00. The fourth-order valence-corrected chi connectivity index (χ4v) is 5.12. The number of nitrogens with one attached hydrogen (secondary N) is 1. The van der Waals surface area contributed by atoms with Gasteiger partial charge < -0.3 is 9.80 Å². The predicted octanol–water partition coefficient (Wildman–Crippen LogP) is 5.49. The fourth-order valence-electron chi connectivity index (χ4n) is 5.12.